The molecule has 1 fully saturated rings. The number of carbonyl (C=O) groups is 2. The second-order valence-electron chi connectivity index (χ2n) is 6.20. The lowest BCUT2D eigenvalue weighted by atomic mass is 10.2. The summed E-state index contributed by atoms with van der Waals surface area (Å²) in [6.07, 6.45) is 1.44. The molecule has 0 spiro atoms. The minimum Gasteiger partial charge on any atom is -0.494 e. The quantitative estimate of drug-likeness (QED) is 0.783. The Labute approximate surface area is 157 Å². The molecular weight excluding hydrogens is 350 g/mol. The van der Waals surface area contributed by atoms with Crippen LogP contribution >= 0.6 is 11.3 Å². The third-order valence-electron chi connectivity index (χ3n) is 4.34. The summed E-state index contributed by atoms with van der Waals surface area (Å²) in [5.74, 6) is 0.665. The van der Waals surface area contributed by atoms with Gasteiger partial charge in [0, 0.05) is 29.6 Å². The van der Waals surface area contributed by atoms with Gasteiger partial charge in [0.1, 0.15) is 11.8 Å². The minimum absolute atomic E-state index is 0.0730. The Morgan fingerprint density at radius 1 is 1.38 bits per heavy atom. The number of nitrogens with zero attached hydrogens (tertiary/aromatic N) is 1. The van der Waals surface area contributed by atoms with Crippen LogP contribution in [0.15, 0.2) is 35.7 Å². The van der Waals surface area contributed by atoms with Crippen LogP contribution in [0.2, 0.25) is 0 Å². The van der Waals surface area contributed by atoms with Gasteiger partial charge in [-0.1, -0.05) is 6.07 Å². The van der Waals surface area contributed by atoms with Gasteiger partial charge in [0.2, 0.25) is 11.8 Å². The molecular formula is C19H23N3O3S. The second-order valence-corrected chi connectivity index (χ2v) is 7.23. The lowest BCUT2D eigenvalue weighted by molar-refractivity contribution is -0.121. The van der Waals surface area contributed by atoms with E-state index in [4.69, 9.17) is 4.74 Å². The van der Waals surface area contributed by atoms with Gasteiger partial charge in [0.15, 0.2) is 0 Å². The van der Waals surface area contributed by atoms with Crippen molar-refractivity contribution < 1.29 is 14.3 Å². The summed E-state index contributed by atoms with van der Waals surface area (Å²) >= 11 is 1.62. The molecule has 2 amide bonds. The first kappa shape index (κ1) is 18.3. The molecule has 2 aromatic rings. The van der Waals surface area contributed by atoms with Crippen LogP contribution in [0, 0.1) is 0 Å². The SMILES string of the molecule is COc1cc(NC(C)C(=O)NCc2cccs2)ccc1N1CCCC1=O. The summed E-state index contributed by atoms with van der Waals surface area (Å²) in [6.45, 7) is 3.06. The molecule has 0 aliphatic carbocycles. The summed E-state index contributed by atoms with van der Waals surface area (Å²) in [4.78, 5) is 27.1. The fraction of sp³-hybridized carbons (Fsp3) is 0.368. The Balaban J connectivity index is 1.63. The van der Waals surface area contributed by atoms with Crippen LogP contribution in [0.5, 0.6) is 5.75 Å². The molecule has 1 atom stereocenters. The number of hydrogen-bond acceptors (Lipinski definition) is 5. The first-order valence-electron chi connectivity index (χ1n) is 8.63. The highest BCUT2D eigenvalue weighted by Gasteiger charge is 2.24. The number of rotatable bonds is 7. The Morgan fingerprint density at radius 2 is 2.23 bits per heavy atom. The molecule has 3 rings (SSSR count). The molecule has 0 radical (unpaired) electrons. The van der Waals surface area contributed by atoms with Crippen LogP contribution in [0.1, 0.15) is 24.6 Å². The van der Waals surface area contributed by atoms with E-state index in [-0.39, 0.29) is 17.9 Å². The Bertz CT molecular complexity index is 776. The number of anilines is 2. The van der Waals surface area contributed by atoms with Crippen molar-refractivity contribution in [1.82, 2.24) is 5.32 Å². The van der Waals surface area contributed by atoms with Crippen molar-refractivity contribution in [3.63, 3.8) is 0 Å². The zero-order chi connectivity index (χ0) is 18.5. The number of ether oxygens (including phenoxy) is 1. The van der Waals surface area contributed by atoms with E-state index in [9.17, 15) is 9.59 Å². The number of amides is 2. The van der Waals surface area contributed by atoms with Crippen molar-refractivity contribution in [2.24, 2.45) is 0 Å². The van der Waals surface area contributed by atoms with Crippen molar-refractivity contribution >= 4 is 34.5 Å². The molecule has 138 valence electrons. The molecule has 1 aromatic carbocycles. The van der Waals surface area contributed by atoms with E-state index in [0.717, 1.165) is 22.7 Å². The Kier molecular flexibility index (Phi) is 5.78. The third-order valence-corrected chi connectivity index (χ3v) is 5.21. The van der Waals surface area contributed by atoms with E-state index in [2.05, 4.69) is 10.6 Å². The molecule has 1 aromatic heterocycles. The summed E-state index contributed by atoms with van der Waals surface area (Å²) in [5.41, 5.74) is 1.55. The molecule has 0 bridgehead atoms. The maximum absolute atomic E-state index is 12.3. The van der Waals surface area contributed by atoms with E-state index in [0.29, 0.717) is 25.3 Å². The molecule has 7 heteroatoms. The summed E-state index contributed by atoms with van der Waals surface area (Å²) in [7, 11) is 1.58. The van der Waals surface area contributed by atoms with Gasteiger partial charge in [-0.2, -0.15) is 0 Å². The van der Waals surface area contributed by atoms with E-state index < -0.39 is 0 Å². The second kappa shape index (κ2) is 8.23. The van der Waals surface area contributed by atoms with Gasteiger partial charge in [-0.25, -0.2) is 0 Å². The molecule has 2 N–H and O–H groups in total. The van der Waals surface area contributed by atoms with E-state index in [1.165, 1.54) is 0 Å². The minimum atomic E-state index is -0.390. The van der Waals surface area contributed by atoms with Gasteiger partial charge in [0.25, 0.3) is 0 Å². The van der Waals surface area contributed by atoms with Gasteiger partial charge in [-0.05, 0) is 36.9 Å². The van der Waals surface area contributed by atoms with Crippen molar-refractivity contribution in [1.29, 1.82) is 0 Å². The fourth-order valence-corrected chi connectivity index (χ4v) is 3.59. The van der Waals surface area contributed by atoms with Crippen molar-refractivity contribution in [2.75, 3.05) is 23.9 Å². The predicted octanol–water partition coefficient (Wildman–Crippen LogP) is 3.00. The van der Waals surface area contributed by atoms with Gasteiger partial charge >= 0.3 is 0 Å². The van der Waals surface area contributed by atoms with Crippen molar-refractivity contribution in [3.05, 3.63) is 40.6 Å². The Hall–Kier alpha value is -2.54. The van der Waals surface area contributed by atoms with Crippen LogP contribution in [0.4, 0.5) is 11.4 Å². The van der Waals surface area contributed by atoms with Crippen molar-refractivity contribution in [2.45, 2.75) is 32.4 Å². The van der Waals surface area contributed by atoms with Gasteiger partial charge in [-0.15, -0.1) is 11.3 Å². The van der Waals surface area contributed by atoms with Gasteiger partial charge < -0.3 is 20.3 Å². The Morgan fingerprint density at radius 3 is 2.88 bits per heavy atom. The normalized spacial score (nSPS) is 15.0. The number of thiophene rings is 1. The number of benzene rings is 1. The molecule has 0 saturated carbocycles. The fourth-order valence-electron chi connectivity index (χ4n) is 2.95. The third kappa shape index (κ3) is 4.16. The summed E-state index contributed by atoms with van der Waals surface area (Å²) < 4.78 is 5.45. The van der Waals surface area contributed by atoms with E-state index in [1.807, 2.05) is 42.6 Å². The van der Waals surface area contributed by atoms with Crippen LogP contribution in [-0.2, 0) is 16.1 Å². The average molecular weight is 373 g/mol. The number of carbonyl (C=O) groups excluding carboxylic acids is 2. The monoisotopic (exact) mass is 373 g/mol. The van der Waals surface area contributed by atoms with E-state index >= 15 is 0 Å². The van der Waals surface area contributed by atoms with Gasteiger partial charge in [-0.3, -0.25) is 9.59 Å². The first-order chi connectivity index (χ1) is 12.6. The number of nitrogens with one attached hydrogen (secondary N) is 2. The van der Waals surface area contributed by atoms with E-state index in [1.54, 1.807) is 23.3 Å². The molecule has 6 nitrogen and oxygen atoms in total. The first-order valence-corrected chi connectivity index (χ1v) is 9.51. The van der Waals surface area contributed by atoms with Gasteiger partial charge in [0.05, 0.1) is 19.3 Å². The molecule has 1 aliphatic heterocycles. The van der Waals surface area contributed by atoms with Crippen molar-refractivity contribution in [3.8, 4) is 5.75 Å². The highest BCUT2D eigenvalue weighted by molar-refractivity contribution is 7.09. The predicted molar refractivity (Wildman–Crippen MR) is 104 cm³/mol. The molecule has 1 saturated heterocycles. The van der Waals surface area contributed by atoms with Crippen LogP contribution in [0.25, 0.3) is 0 Å². The average Bonchev–Trinajstić information content (AvgIpc) is 3.31. The zero-order valence-electron chi connectivity index (χ0n) is 15.0. The molecule has 1 unspecified atom stereocenters. The zero-order valence-corrected chi connectivity index (χ0v) is 15.8. The maximum atomic E-state index is 12.3. The highest BCUT2D eigenvalue weighted by Crippen LogP contribution is 2.34. The topological polar surface area (TPSA) is 70.7 Å². The largest absolute Gasteiger partial charge is 0.494 e. The smallest absolute Gasteiger partial charge is 0.242 e. The van der Waals surface area contributed by atoms with Crippen LogP contribution < -0.4 is 20.3 Å². The number of methoxy groups -OCH3 is 1. The highest BCUT2D eigenvalue weighted by atomic mass is 32.1. The lowest BCUT2D eigenvalue weighted by Gasteiger charge is -2.21. The number of hydrogen-bond donors (Lipinski definition) is 2. The van der Waals surface area contributed by atoms with Crippen LogP contribution in [-0.4, -0.2) is 31.5 Å². The maximum Gasteiger partial charge on any atom is 0.242 e. The summed E-state index contributed by atoms with van der Waals surface area (Å²) in [6, 6.07) is 9.12. The standard InChI is InChI=1S/C19H23N3O3S/c1-13(19(24)20-12-15-5-4-10-26-15)21-14-7-8-16(17(11-14)25-2)22-9-3-6-18(22)23/h4-5,7-8,10-11,13,21H,3,6,9,12H2,1-2H3,(H,20,24). The lowest BCUT2D eigenvalue weighted by Crippen LogP contribution is -2.37. The van der Waals surface area contributed by atoms with Crippen LogP contribution in [0.3, 0.4) is 0 Å². The summed E-state index contributed by atoms with van der Waals surface area (Å²) in [5, 5.41) is 8.09. The molecule has 1 aliphatic rings. The molecule has 2 heterocycles. The molecule has 26 heavy (non-hydrogen) atoms.